The molecule has 0 bridgehead atoms. The van der Waals surface area contributed by atoms with Crippen molar-refractivity contribution in [1.29, 1.82) is 5.26 Å². The van der Waals surface area contributed by atoms with Crippen molar-refractivity contribution in [3.63, 3.8) is 0 Å². The molecule has 2 aromatic rings. The summed E-state index contributed by atoms with van der Waals surface area (Å²) in [6.07, 6.45) is -0.0436. The van der Waals surface area contributed by atoms with Crippen LogP contribution in [0.1, 0.15) is 52.9 Å². The largest absolute Gasteiger partial charge is 0.433 e. The number of halogens is 3. The molecule has 1 amide bonds. The van der Waals surface area contributed by atoms with E-state index in [0.717, 1.165) is 31.5 Å². The zero-order valence-corrected chi connectivity index (χ0v) is 16.5. The second-order valence-electron chi connectivity index (χ2n) is 7.70. The average Bonchev–Trinajstić information content (AvgIpc) is 3.11. The summed E-state index contributed by atoms with van der Waals surface area (Å²) in [6.45, 7) is 0. The molecule has 1 aliphatic carbocycles. The minimum Gasteiger partial charge on any atom is -0.365 e. The van der Waals surface area contributed by atoms with Crippen molar-refractivity contribution >= 4 is 11.7 Å². The van der Waals surface area contributed by atoms with E-state index in [1.165, 1.54) is 12.1 Å². The van der Waals surface area contributed by atoms with Gasteiger partial charge in [0.25, 0.3) is 5.91 Å². The molecule has 1 aromatic heterocycles. The van der Waals surface area contributed by atoms with Gasteiger partial charge in [0.2, 0.25) is 0 Å². The quantitative estimate of drug-likeness (QED) is 0.785. The Labute approximate surface area is 177 Å². The van der Waals surface area contributed by atoms with Gasteiger partial charge >= 0.3 is 6.18 Å². The lowest BCUT2D eigenvalue weighted by atomic mass is 9.99. The molecule has 3 unspecified atom stereocenters. The van der Waals surface area contributed by atoms with Crippen molar-refractivity contribution < 1.29 is 18.0 Å². The fraction of sp³-hybridized carbons (Fsp3) is 0.364. The normalized spacial score (nSPS) is 23.0. The van der Waals surface area contributed by atoms with E-state index in [4.69, 9.17) is 5.26 Å². The number of pyridine rings is 1. The summed E-state index contributed by atoms with van der Waals surface area (Å²) in [7, 11) is 0. The Kier molecular flexibility index (Phi) is 5.63. The molecule has 1 aromatic carbocycles. The molecule has 160 valence electrons. The monoisotopic (exact) mass is 427 g/mol. The second kappa shape index (κ2) is 8.38. The number of nitrogens with one attached hydrogen (secondary N) is 2. The average molecular weight is 427 g/mol. The van der Waals surface area contributed by atoms with Crippen molar-refractivity contribution in [1.82, 2.24) is 15.6 Å². The number of aliphatic imine (C=N–C) groups is 1. The van der Waals surface area contributed by atoms with Crippen LogP contribution in [0.5, 0.6) is 0 Å². The number of nitriles is 1. The first-order valence-electron chi connectivity index (χ1n) is 10.0. The van der Waals surface area contributed by atoms with Gasteiger partial charge < -0.3 is 10.6 Å². The number of alkyl halides is 3. The Morgan fingerprint density at radius 3 is 2.77 bits per heavy atom. The Morgan fingerprint density at radius 1 is 1.19 bits per heavy atom. The Morgan fingerprint density at radius 2 is 2.00 bits per heavy atom. The number of fused-ring (bicyclic) bond motifs is 1. The van der Waals surface area contributed by atoms with Crippen LogP contribution in [0.3, 0.4) is 0 Å². The van der Waals surface area contributed by atoms with Crippen LogP contribution in [0.25, 0.3) is 0 Å². The summed E-state index contributed by atoms with van der Waals surface area (Å²) in [6, 6.07) is 10.3. The van der Waals surface area contributed by atoms with Gasteiger partial charge in [0, 0.05) is 17.3 Å². The molecule has 2 N–H and O–H groups in total. The summed E-state index contributed by atoms with van der Waals surface area (Å²) < 4.78 is 39.1. The number of carbonyl (C=O) groups excluding carboxylic acids is 1. The number of nitrogens with zero attached hydrogens (tertiary/aromatic N) is 3. The van der Waals surface area contributed by atoms with Crippen LogP contribution < -0.4 is 10.6 Å². The smallest absolute Gasteiger partial charge is 0.365 e. The highest BCUT2D eigenvalue weighted by atomic mass is 19.4. The maximum atomic E-state index is 13.0. The molecule has 1 aliphatic heterocycles. The zero-order chi connectivity index (χ0) is 22.0. The predicted octanol–water partition coefficient (Wildman–Crippen LogP) is 3.43. The molecule has 6 nitrogen and oxygen atoms in total. The Balaban J connectivity index is 1.57. The highest BCUT2D eigenvalue weighted by Gasteiger charge is 2.38. The fourth-order valence-corrected chi connectivity index (χ4v) is 4.08. The van der Waals surface area contributed by atoms with E-state index in [0.29, 0.717) is 28.9 Å². The van der Waals surface area contributed by atoms with Gasteiger partial charge in [0.05, 0.1) is 29.8 Å². The fourth-order valence-electron chi connectivity index (χ4n) is 4.08. The third-order valence-corrected chi connectivity index (χ3v) is 5.60. The van der Waals surface area contributed by atoms with E-state index in [1.54, 1.807) is 18.2 Å². The third kappa shape index (κ3) is 4.53. The standard InChI is InChI=1S/C22H20F3N5O/c23-22(24,25)18-11-14(8-9-27-18)20-28-16-6-1-2-7-17(19(16)30-20)29-21(31)15-5-3-4-13(10-15)12-26/h3-5,8-11,16-17,19H,1-2,6-7H2,(H,28,30)(H,29,31). The number of hydrogen-bond acceptors (Lipinski definition) is 5. The minimum absolute atomic E-state index is 0.0734. The van der Waals surface area contributed by atoms with Gasteiger partial charge in [-0.25, -0.2) is 0 Å². The van der Waals surface area contributed by atoms with E-state index < -0.39 is 11.9 Å². The summed E-state index contributed by atoms with van der Waals surface area (Å²) in [5.41, 5.74) is 0.136. The van der Waals surface area contributed by atoms with Gasteiger partial charge in [0.15, 0.2) is 0 Å². The molecule has 0 radical (unpaired) electrons. The van der Waals surface area contributed by atoms with Gasteiger partial charge in [0.1, 0.15) is 11.5 Å². The van der Waals surface area contributed by atoms with Gasteiger partial charge in [-0.3, -0.25) is 14.8 Å². The van der Waals surface area contributed by atoms with E-state index >= 15 is 0 Å². The van der Waals surface area contributed by atoms with Crippen LogP contribution in [0.4, 0.5) is 13.2 Å². The number of aromatic nitrogens is 1. The first-order chi connectivity index (χ1) is 14.8. The predicted molar refractivity (Wildman–Crippen MR) is 107 cm³/mol. The molecule has 3 atom stereocenters. The molecule has 1 fully saturated rings. The van der Waals surface area contributed by atoms with Crippen molar-refractivity contribution in [3.05, 3.63) is 65.0 Å². The van der Waals surface area contributed by atoms with Crippen LogP contribution in [0, 0.1) is 11.3 Å². The summed E-state index contributed by atoms with van der Waals surface area (Å²) >= 11 is 0. The van der Waals surface area contributed by atoms with Gasteiger partial charge in [-0.05, 0) is 43.2 Å². The van der Waals surface area contributed by atoms with Gasteiger partial charge in [-0.2, -0.15) is 18.4 Å². The molecule has 0 saturated heterocycles. The number of rotatable bonds is 3. The van der Waals surface area contributed by atoms with E-state index in [1.807, 2.05) is 6.07 Å². The lowest BCUT2D eigenvalue weighted by molar-refractivity contribution is -0.141. The Hall–Kier alpha value is -3.41. The molecule has 31 heavy (non-hydrogen) atoms. The van der Waals surface area contributed by atoms with Crippen molar-refractivity contribution in [2.75, 3.05) is 0 Å². The number of amides is 1. The van der Waals surface area contributed by atoms with Crippen LogP contribution in [-0.2, 0) is 6.18 Å². The first kappa shape index (κ1) is 20.8. The maximum absolute atomic E-state index is 13.0. The van der Waals surface area contributed by atoms with Gasteiger partial charge in [-0.15, -0.1) is 0 Å². The Bertz CT molecular complexity index is 1060. The van der Waals surface area contributed by atoms with E-state index in [9.17, 15) is 18.0 Å². The number of hydrogen-bond donors (Lipinski definition) is 2. The molecule has 2 aliphatic rings. The van der Waals surface area contributed by atoms with Crippen LogP contribution in [0.15, 0.2) is 47.6 Å². The number of amidine groups is 1. The summed E-state index contributed by atoms with van der Waals surface area (Å²) in [5, 5.41) is 15.3. The third-order valence-electron chi connectivity index (χ3n) is 5.60. The molecule has 0 spiro atoms. The molecule has 4 rings (SSSR count). The molecule has 1 saturated carbocycles. The number of carbonyl (C=O) groups is 1. The van der Waals surface area contributed by atoms with E-state index in [-0.39, 0.29) is 24.0 Å². The first-order valence-corrected chi connectivity index (χ1v) is 10.0. The van der Waals surface area contributed by atoms with Crippen molar-refractivity contribution in [2.24, 2.45) is 4.99 Å². The second-order valence-corrected chi connectivity index (χ2v) is 7.70. The number of benzene rings is 1. The molecular weight excluding hydrogens is 407 g/mol. The van der Waals surface area contributed by atoms with E-state index in [2.05, 4.69) is 20.6 Å². The zero-order valence-electron chi connectivity index (χ0n) is 16.5. The lowest BCUT2D eigenvalue weighted by Crippen LogP contribution is -2.47. The van der Waals surface area contributed by atoms with Crippen LogP contribution >= 0.6 is 0 Å². The van der Waals surface area contributed by atoms with Crippen LogP contribution in [0.2, 0.25) is 0 Å². The molecule has 9 heteroatoms. The van der Waals surface area contributed by atoms with Crippen molar-refractivity contribution in [3.8, 4) is 6.07 Å². The minimum atomic E-state index is -4.53. The lowest BCUT2D eigenvalue weighted by Gasteiger charge is -2.24. The van der Waals surface area contributed by atoms with Crippen LogP contribution in [-0.4, -0.2) is 34.9 Å². The summed E-state index contributed by atoms with van der Waals surface area (Å²) in [5.74, 6) is 0.0881. The molecular formula is C22H20F3N5O. The maximum Gasteiger partial charge on any atom is 0.433 e. The summed E-state index contributed by atoms with van der Waals surface area (Å²) in [4.78, 5) is 20.8. The molecule has 2 heterocycles. The van der Waals surface area contributed by atoms with Crippen molar-refractivity contribution in [2.45, 2.75) is 50.0 Å². The topological polar surface area (TPSA) is 90.2 Å². The highest BCUT2D eigenvalue weighted by Crippen LogP contribution is 2.30. The van der Waals surface area contributed by atoms with Gasteiger partial charge in [-0.1, -0.05) is 18.9 Å². The SMILES string of the molecule is N#Cc1cccc(C(=O)NC2CCCCC3NC(c4ccnc(C(F)(F)F)c4)=NC23)c1. The highest BCUT2D eigenvalue weighted by molar-refractivity contribution is 6.00.